The standard InChI is InChI=1S/C18H18O4.C10H22/c1-5-15(19-9-17-11-21-17)6-2-13(1)14-3-7-16(8-4-14)20-10-18-12-22-18;1-6-9(3)8-10(4,5)7-2/h1-8,17-18H,9-12H2;9H,6-8H2,1-5H3. The summed E-state index contributed by atoms with van der Waals surface area (Å²) in [5.74, 6) is 2.65. The van der Waals surface area contributed by atoms with Gasteiger partial charge in [0.1, 0.15) is 36.9 Å². The SMILES string of the molecule is CCC(C)CC(C)(C)CC.c1cc(-c2ccc(OCC3CO3)cc2)ccc1OCC1CO1. The normalized spacial score (nSPS) is 20.0. The summed E-state index contributed by atoms with van der Waals surface area (Å²) in [5.41, 5.74) is 2.88. The molecule has 4 heteroatoms. The Morgan fingerprint density at radius 1 is 0.812 bits per heavy atom. The number of hydrogen-bond acceptors (Lipinski definition) is 4. The van der Waals surface area contributed by atoms with Crippen LogP contribution in [0, 0.1) is 11.3 Å². The lowest BCUT2D eigenvalue weighted by Crippen LogP contribution is -2.13. The molecule has 32 heavy (non-hydrogen) atoms. The van der Waals surface area contributed by atoms with Crippen LogP contribution in [-0.2, 0) is 9.47 Å². The molecule has 0 bridgehead atoms. The van der Waals surface area contributed by atoms with Gasteiger partial charge in [0.15, 0.2) is 0 Å². The third-order valence-electron chi connectivity index (χ3n) is 6.27. The molecule has 0 spiro atoms. The van der Waals surface area contributed by atoms with E-state index in [1.165, 1.54) is 19.3 Å². The summed E-state index contributed by atoms with van der Waals surface area (Å²) < 4.78 is 21.5. The van der Waals surface area contributed by atoms with Crippen LogP contribution < -0.4 is 9.47 Å². The van der Waals surface area contributed by atoms with Gasteiger partial charge in [0.2, 0.25) is 0 Å². The van der Waals surface area contributed by atoms with Gasteiger partial charge in [0.25, 0.3) is 0 Å². The minimum absolute atomic E-state index is 0.285. The fourth-order valence-electron chi connectivity index (χ4n) is 3.43. The molecule has 0 aliphatic carbocycles. The average molecular weight is 441 g/mol. The maximum Gasteiger partial charge on any atom is 0.119 e. The molecule has 176 valence electrons. The van der Waals surface area contributed by atoms with E-state index in [9.17, 15) is 0 Å². The summed E-state index contributed by atoms with van der Waals surface area (Å²) in [6.07, 6.45) is 4.57. The first kappa shape index (κ1) is 24.6. The van der Waals surface area contributed by atoms with E-state index in [1.54, 1.807) is 0 Å². The van der Waals surface area contributed by atoms with Gasteiger partial charge < -0.3 is 18.9 Å². The smallest absolute Gasteiger partial charge is 0.119 e. The lowest BCUT2D eigenvalue weighted by atomic mass is 9.80. The van der Waals surface area contributed by atoms with E-state index < -0.39 is 0 Å². The minimum Gasteiger partial charge on any atom is -0.491 e. The summed E-state index contributed by atoms with van der Waals surface area (Å²) in [5, 5.41) is 0. The van der Waals surface area contributed by atoms with E-state index in [1.807, 2.05) is 24.3 Å². The van der Waals surface area contributed by atoms with Crippen molar-refractivity contribution in [3.63, 3.8) is 0 Å². The molecule has 2 fully saturated rings. The molecule has 2 heterocycles. The molecule has 2 aromatic carbocycles. The monoisotopic (exact) mass is 440 g/mol. The first-order chi connectivity index (χ1) is 15.4. The van der Waals surface area contributed by atoms with Gasteiger partial charge in [-0.3, -0.25) is 0 Å². The van der Waals surface area contributed by atoms with Crippen molar-refractivity contribution in [3.05, 3.63) is 48.5 Å². The molecule has 0 aromatic heterocycles. The van der Waals surface area contributed by atoms with E-state index in [0.29, 0.717) is 18.6 Å². The van der Waals surface area contributed by atoms with Crippen LogP contribution in [0.4, 0.5) is 0 Å². The molecule has 0 saturated carbocycles. The molecule has 3 unspecified atom stereocenters. The zero-order valence-electron chi connectivity index (χ0n) is 20.4. The van der Waals surface area contributed by atoms with Gasteiger partial charge in [-0.15, -0.1) is 0 Å². The fourth-order valence-corrected chi connectivity index (χ4v) is 3.43. The second-order valence-electron chi connectivity index (χ2n) is 9.82. The predicted molar refractivity (Wildman–Crippen MR) is 130 cm³/mol. The third kappa shape index (κ3) is 8.84. The Bertz CT molecular complexity index is 732. The molecule has 2 aliphatic heterocycles. The Morgan fingerprint density at radius 2 is 1.22 bits per heavy atom. The summed E-state index contributed by atoms with van der Waals surface area (Å²) in [7, 11) is 0. The highest BCUT2D eigenvalue weighted by Crippen LogP contribution is 2.29. The van der Waals surface area contributed by atoms with Crippen LogP contribution in [0.2, 0.25) is 0 Å². The molecule has 2 saturated heterocycles. The largest absolute Gasteiger partial charge is 0.491 e. The van der Waals surface area contributed by atoms with Gasteiger partial charge in [-0.2, -0.15) is 0 Å². The summed E-state index contributed by atoms with van der Waals surface area (Å²) >= 11 is 0. The van der Waals surface area contributed by atoms with Crippen molar-refractivity contribution in [2.24, 2.45) is 11.3 Å². The Kier molecular flexibility index (Phi) is 9.01. The van der Waals surface area contributed by atoms with E-state index in [0.717, 1.165) is 41.8 Å². The Labute approximate surface area is 194 Å². The van der Waals surface area contributed by atoms with Gasteiger partial charge in [-0.1, -0.05) is 71.7 Å². The number of benzene rings is 2. The lowest BCUT2D eigenvalue weighted by molar-refractivity contribution is 0.263. The van der Waals surface area contributed by atoms with Crippen molar-refractivity contribution < 1.29 is 18.9 Å². The van der Waals surface area contributed by atoms with Crippen LogP contribution in [-0.4, -0.2) is 38.6 Å². The van der Waals surface area contributed by atoms with Gasteiger partial charge in [0.05, 0.1) is 13.2 Å². The first-order valence-electron chi connectivity index (χ1n) is 12.1. The van der Waals surface area contributed by atoms with Crippen molar-refractivity contribution in [1.82, 2.24) is 0 Å². The lowest BCUT2D eigenvalue weighted by Gasteiger charge is -2.25. The molecule has 2 aliphatic rings. The van der Waals surface area contributed by atoms with Gasteiger partial charge in [-0.05, 0) is 53.1 Å². The Hall–Kier alpha value is -2.04. The molecular weight excluding hydrogens is 400 g/mol. The summed E-state index contributed by atoms with van der Waals surface area (Å²) in [6, 6.07) is 16.2. The molecule has 0 radical (unpaired) electrons. The molecular formula is C28H40O4. The van der Waals surface area contributed by atoms with Gasteiger partial charge in [-0.25, -0.2) is 0 Å². The molecule has 4 nitrogen and oxygen atoms in total. The van der Waals surface area contributed by atoms with Gasteiger partial charge in [0, 0.05) is 0 Å². The van der Waals surface area contributed by atoms with Crippen molar-refractivity contribution in [2.75, 3.05) is 26.4 Å². The summed E-state index contributed by atoms with van der Waals surface area (Å²) in [6.45, 7) is 14.5. The van der Waals surface area contributed by atoms with E-state index in [4.69, 9.17) is 18.9 Å². The highest BCUT2D eigenvalue weighted by Gasteiger charge is 2.23. The Balaban J connectivity index is 0.000000247. The van der Waals surface area contributed by atoms with Gasteiger partial charge >= 0.3 is 0 Å². The first-order valence-corrected chi connectivity index (χ1v) is 12.1. The van der Waals surface area contributed by atoms with E-state index in [-0.39, 0.29) is 12.2 Å². The highest BCUT2D eigenvalue weighted by molar-refractivity contribution is 5.64. The zero-order chi connectivity index (χ0) is 23.0. The number of epoxide rings is 2. The topological polar surface area (TPSA) is 43.5 Å². The zero-order valence-corrected chi connectivity index (χ0v) is 20.4. The minimum atomic E-state index is 0.285. The van der Waals surface area contributed by atoms with Crippen molar-refractivity contribution in [2.45, 2.75) is 66.1 Å². The molecule has 0 amide bonds. The number of ether oxygens (including phenoxy) is 4. The van der Waals surface area contributed by atoms with Crippen LogP contribution >= 0.6 is 0 Å². The van der Waals surface area contributed by atoms with Crippen molar-refractivity contribution in [3.8, 4) is 22.6 Å². The molecule has 2 aromatic rings. The van der Waals surface area contributed by atoms with E-state index >= 15 is 0 Å². The van der Waals surface area contributed by atoms with Crippen LogP contribution in [0.15, 0.2) is 48.5 Å². The number of hydrogen-bond donors (Lipinski definition) is 0. The highest BCUT2D eigenvalue weighted by atomic mass is 16.6. The van der Waals surface area contributed by atoms with Crippen LogP contribution in [0.5, 0.6) is 11.5 Å². The second-order valence-corrected chi connectivity index (χ2v) is 9.82. The van der Waals surface area contributed by atoms with E-state index in [2.05, 4.69) is 58.9 Å². The van der Waals surface area contributed by atoms with Crippen LogP contribution in [0.1, 0.15) is 53.9 Å². The summed E-state index contributed by atoms with van der Waals surface area (Å²) in [4.78, 5) is 0. The van der Waals surface area contributed by atoms with Crippen molar-refractivity contribution in [1.29, 1.82) is 0 Å². The predicted octanol–water partition coefficient (Wildman–Crippen LogP) is 6.77. The maximum absolute atomic E-state index is 5.64. The van der Waals surface area contributed by atoms with Crippen LogP contribution in [0.3, 0.4) is 0 Å². The molecule has 3 atom stereocenters. The molecule has 4 rings (SSSR count). The third-order valence-corrected chi connectivity index (χ3v) is 6.27. The van der Waals surface area contributed by atoms with Crippen molar-refractivity contribution >= 4 is 0 Å². The average Bonchev–Trinajstić information content (AvgIpc) is 3.72. The maximum atomic E-state index is 5.64. The van der Waals surface area contributed by atoms with Crippen LogP contribution in [0.25, 0.3) is 11.1 Å². The fraction of sp³-hybridized carbons (Fsp3) is 0.571. The molecule has 0 N–H and O–H groups in total. The second kappa shape index (κ2) is 11.7. The Morgan fingerprint density at radius 3 is 1.53 bits per heavy atom. The number of rotatable bonds is 11. The quantitative estimate of drug-likeness (QED) is 0.362.